The molecule has 0 saturated carbocycles. The molecule has 1 fully saturated rings. The zero-order chi connectivity index (χ0) is 14.7. The average Bonchev–Trinajstić information content (AvgIpc) is 2.75. The molecule has 0 unspecified atom stereocenters. The predicted molar refractivity (Wildman–Crippen MR) is 73.3 cm³/mol. The highest BCUT2D eigenvalue weighted by atomic mass is 16.5. The topological polar surface area (TPSA) is 96.0 Å². The standard InChI is InChI=1S/C14H20N2O4/c1-20-10-4-2-9(3-5-10)6-11-14(19)12(17)8-16(11)13(18)7-15/h2-5,11-12,14,17,19H,6-8,15H2,1H3/t11-,12+,14+/m1/s1. The van der Waals surface area contributed by atoms with Gasteiger partial charge in [0.1, 0.15) is 11.9 Å². The lowest BCUT2D eigenvalue weighted by molar-refractivity contribution is -0.131. The van der Waals surface area contributed by atoms with Gasteiger partial charge in [0.05, 0.1) is 25.8 Å². The number of benzene rings is 1. The minimum absolute atomic E-state index is 0.123. The number of nitrogens with two attached hydrogens (primary N) is 1. The number of likely N-dealkylation sites (tertiary alicyclic amines) is 1. The molecule has 6 heteroatoms. The lowest BCUT2D eigenvalue weighted by atomic mass is 10.0. The van der Waals surface area contributed by atoms with Crippen molar-refractivity contribution in [1.82, 2.24) is 4.90 Å². The Kier molecular flexibility index (Phi) is 4.59. The van der Waals surface area contributed by atoms with Crippen LogP contribution in [-0.2, 0) is 11.2 Å². The number of nitrogens with zero attached hydrogens (tertiary/aromatic N) is 1. The van der Waals surface area contributed by atoms with E-state index in [9.17, 15) is 15.0 Å². The van der Waals surface area contributed by atoms with Gasteiger partial charge in [0.15, 0.2) is 0 Å². The molecule has 110 valence electrons. The van der Waals surface area contributed by atoms with Crippen LogP contribution in [0.4, 0.5) is 0 Å². The molecular weight excluding hydrogens is 260 g/mol. The van der Waals surface area contributed by atoms with E-state index in [0.717, 1.165) is 11.3 Å². The van der Waals surface area contributed by atoms with E-state index >= 15 is 0 Å². The van der Waals surface area contributed by atoms with Crippen molar-refractivity contribution >= 4 is 5.91 Å². The summed E-state index contributed by atoms with van der Waals surface area (Å²) in [6.07, 6.45) is -1.41. The first kappa shape index (κ1) is 14.8. The summed E-state index contributed by atoms with van der Waals surface area (Å²) in [6.45, 7) is -0.00340. The predicted octanol–water partition coefficient (Wildman–Crippen LogP) is -0.871. The second-order valence-corrected chi connectivity index (χ2v) is 4.93. The minimum Gasteiger partial charge on any atom is -0.497 e. The summed E-state index contributed by atoms with van der Waals surface area (Å²) >= 11 is 0. The van der Waals surface area contributed by atoms with Gasteiger partial charge in [-0.3, -0.25) is 4.79 Å². The number of ether oxygens (including phenoxy) is 1. The van der Waals surface area contributed by atoms with Crippen LogP contribution in [0.2, 0.25) is 0 Å². The van der Waals surface area contributed by atoms with Crippen LogP contribution in [0.25, 0.3) is 0 Å². The third kappa shape index (κ3) is 2.92. The Morgan fingerprint density at radius 1 is 1.40 bits per heavy atom. The van der Waals surface area contributed by atoms with Crippen LogP contribution in [0.15, 0.2) is 24.3 Å². The molecule has 1 amide bonds. The van der Waals surface area contributed by atoms with Crippen molar-refractivity contribution in [2.45, 2.75) is 24.7 Å². The van der Waals surface area contributed by atoms with Crippen LogP contribution >= 0.6 is 0 Å². The summed E-state index contributed by atoms with van der Waals surface area (Å²) in [6, 6.07) is 6.95. The molecule has 1 aliphatic heterocycles. The normalized spacial score (nSPS) is 25.8. The molecule has 6 nitrogen and oxygen atoms in total. The molecule has 0 aliphatic carbocycles. The first-order valence-corrected chi connectivity index (χ1v) is 6.55. The molecule has 1 aliphatic rings. The van der Waals surface area contributed by atoms with Crippen molar-refractivity contribution in [2.24, 2.45) is 5.73 Å². The van der Waals surface area contributed by atoms with Gasteiger partial charge in [-0.05, 0) is 24.1 Å². The van der Waals surface area contributed by atoms with Gasteiger partial charge < -0.3 is 25.6 Å². The molecule has 1 aromatic rings. The maximum absolute atomic E-state index is 11.8. The van der Waals surface area contributed by atoms with Crippen molar-refractivity contribution in [3.63, 3.8) is 0 Å². The number of aliphatic hydroxyl groups excluding tert-OH is 2. The van der Waals surface area contributed by atoms with Crippen LogP contribution in [0.5, 0.6) is 5.75 Å². The Balaban J connectivity index is 2.13. The molecule has 1 saturated heterocycles. The number of carbonyl (C=O) groups is 1. The van der Waals surface area contributed by atoms with Gasteiger partial charge in [-0.25, -0.2) is 0 Å². The van der Waals surface area contributed by atoms with Crippen molar-refractivity contribution in [3.05, 3.63) is 29.8 Å². The van der Waals surface area contributed by atoms with E-state index in [4.69, 9.17) is 10.5 Å². The fourth-order valence-corrected chi connectivity index (χ4v) is 2.52. The Labute approximate surface area is 117 Å². The molecule has 4 N–H and O–H groups in total. The highest BCUT2D eigenvalue weighted by Gasteiger charge is 2.41. The molecule has 3 atom stereocenters. The van der Waals surface area contributed by atoms with Gasteiger partial charge in [-0.2, -0.15) is 0 Å². The summed E-state index contributed by atoms with van der Waals surface area (Å²) in [5, 5.41) is 19.8. The number of methoxy groups -OCH3 is 1. The number of rotatable bonds is 4. The molecule has 0 radical (unpaired) electrons. The van der Waals surface area contributed by atoms with Gasteiger partial charge in [0, 0.05) is 6.54 Å². The van der Waals surface area contributed by atoms with Gasteiger partial charge in [0.25, 0.3) is 0 Å². The molecule has 20 heavy (non-hydrogen) atoms. The van der Waals surface area contributed by atoms with Crippen LogP contribution in [-0.4, -0.2) is 59.5 Å². The summed E-state index contributed by atoms with van der Waals surface area (Å²) in [5.41, 5.74) is 6.32. The van der Waals surface area contributed by atoms with E-state index in [1.807, 2.05) is 24.3 Å². The smallest absolute Gasteiger partial charge is 0.236 e. The number of β-amino-alcohol motifs (C(OH)–C–C–N with tert-alkyl or cyclic N) is 1. The summed E-state index contributed by atoms with van der Waals surface area (Å²) in [5.74, 6) is 0.481. The summed E-state index contributed by atoms with van der Waals surface area (Å²) in [4.78, 5) is 13.2. The zero-order valence-electron chi connectivity index (χ0n) is 11.4. The quantitative estimate of drug-likeness (QED) is 0.666. The molecule has 2 rings (SSSR count). The third-order valence-electron chi connectivity index (χ3n) is 3.67. The van der Waals surface area contributed by atoms with Gasteiger partial charge in [-0.1, -0.05) is 12.1 Å². The van der Waals surface area contributed by atoms with E-state index in [0.29, 0.717) is 6.42 Å². The maximum Gasteiger partial charge on any atom is 0.236 e. The number of hydrogen-bond donors (Lipinski definition) is 3. The molecule has 0 bridgehead atoms. The molecular formula is C14H20N2O4. The fourth-order valence-electron chi connectivity index (χ4n) is 2.52. The Morgan fingerprint density at radius 3 is 2.60 bits per heavy atom. The second kappa shape index (κ2) is 6.21. The fraction of sp³-hybridized carbons (Fsp3) is 0.500. The van der Waals surface area contributed by atoms with E-state index in [1.165, 1.54) is 4.90 Å². The first-order valence-electron chi connectivity index (χ1n) is 6.55. The lowest BCUT2D eigenvalue weighted by Crippen LogP contribution is -2.43. The van der Waals surface area contributed by atoms with Crippen molar-refractivity contribution in [3.8, 4) is 5.75 Å². The number of carbonyl (C=O) groups excluding carboxylic acids is 1. The third-order valence-corrected chi connectivity index (χ3v) is 3.67. The zero-order valence-corrected chi connectivity index (χ0v) is 11.4. The van der Waals surface area contributed by atoms with Gasteiger partial charge in [0.2, 0.25) is 5.91 Å². The summed E-state index contributed by atoms with van der Waals surface area (Å²) in [7, 11) is 1.59. The van der Waals surface area contributed by atoms with Crippen LogP contribution < -0.4 is 10.5 Å². The Morgan fingerprint density at radius 2 is 2.05 bits per heavy atom. The van der Waals surface area contributed by atoms with Crippen molar-refractivity contribution in [1.29, 1.82) is 0 Å². The highest BCUT2D eigenvalue weighted by molar-refractivity contribution is 5.79. The van der Waals surface area contributed by atoms with Gasteiger partial charge in [-0.15, -0.1) is 0 Å². The Hall–Kier alpha value is -1.63. The largest absolute Gasteiger partial charge is 0.497 e. The minimum atomic E-state index is -0.951. The number of amides is 1. The monoisotopic (exact) mass is 280 g/mol. The molecule has 0 spiro atoms. The number of aliphatic hydroxyl groups is 2. The van der Waals surface area contributed by atoms with E-state index < -0.39 is 18.2 Å². The summed E-state index contributed by atoms with van der Waals surface area (Å²) < 4.78 is 5.08. The van der Waals surface area contributed by atoms with Crippen LogP contribution in [0.1, 0.15) is 5.56 Å². The highest BCUT2D eigenvalue weighted by Crippen LogP contribution is 2.23. The van der Waals surface area contributed by atoms with E-state index in [1.54, 1.807) is 7.11 Å². The SMILES string of the molecule is COc1ccc(C[C@@H]2[C@H](O)[C@@H](O)CN2C(=O)CN)cc1. The van der Waals surface area contributed by atoms with Crippen molar-refractivity contribution in [2.75, 3.05) is 20.2 Å². The lowest BCUT2D eigenvalue weighted by Gasteiger charge is -2.25. The average molecular weight is 280 g/mol. The van der Waals surface area contributed by atoms with Crippen molar-refractivity contribution < 1.29 is 19.7 Å². The number of hydrogen-bond acceptors (Lipinski definition) is 5. The van der Waals surface area contributed by atoms with E-state index in [2.05, 4.69) is 0 Å². The van der Waals surface area contributed by atoms with Crippen LogP contribution in [0, 0.1) is 0 Å². The van der Waals surface area contributed by atoms with Gasteiger partial charge >= 0.3 is 0 Å². The second-order valence-electron chi connectivity index (χ2n) is 4.93. The maximum atomic E-state index is 11.8. The molecule has 1 heterocycles. The molecule has 0 aromatic heterocycles. The Bertz CT molecular complexity index is 463. The molecule has 1 aromatic carbocycles. The van der Waals surface area contributed by atoms with E-state index in [-0.39, 0.29) is 19.0 Å². The van der Waals surface area contributed by atoms with Crippen LogP contribution in [0.3, 0.4) is 0 Å². The first-order chi connectivity index (χ1) is 9.56.